The number of Topliss-reactive ketones (excluding diaryl/α,β-unsaturated/α-hetero) is 1. The van der Waals surface area contributed by atoms with E-state index in [2.05, 4.69) is 17.6 Å². The van der Waals surface area contributed by atoms with E-state index in [0.29, 0.717) is 30.4 Å². The van der Waals surface area contributed by atoms with Gasteiger partial charge in [0.1, 0.15) is 29.9 Å². The summed E-state index contributed by atoms with van der Waals surface area (Å²) in [5.41, 5.74) is 7.04. The number of aliphatic carboxylic acids is 1. The Morgan fingerprint density at radius 2 is 1.61 bits per heavy atom. The minimum Gasteiger partial charge on any atom is -0.508 e. The van der Waals surface area contributed by atoms with Gasteiger partial charge in [0.15, 0.2) is 11.5 Å². The Morgan fingerprint density at radius 3 is 2.22 bits per heavy atom. The molecule has 0 saturated heterocycles. The van der Waals surface area contributed by atoms with E-state index in [4.69, 9.17) is 15.6 Å². The number of hydrogen-bond donors (Lipinski definition) is 7. The number of carbonyl (C=O) groups is 5. The fourth-order valence-corrected chi connectivity index (χ4v) is 6.11. The summed E-state index contributed by atoms with van der Waals surface area (Å²) in [5.74, 6) is -2.01. The molecule has 2 rings (SSSR count). The van der Waals surface area contributed by atoms with Gasteiger partial charge in [-0.05, 0) is 54.7 Å². The van der Waals surface area contributed by atoms with Gasteiger partial charge in [-0.15, -0.1) is 0 Å². The molecule has 0 radical (unpaired) electrons. The molecule has 0 fully saturated rings. The summed E-state index contributed by atoms with van der Waals surface area (Å²) in [7, 11) is 2.45. The molecule has 2 aromatic rings. The van der Waals surface area contributed by atoms with E-state index in [0.717, 1.165) is 31.9 Å². The molecule has 8 N–H and O–H groups in total. The van der Waals surface area contributed by atoms with Crippen molar-refractivity contribution in [1.82, 2.24) is 10.6 Å². The molecule has 4 unspecified atom stereocenters. The number of benzene rings is 2. The lowest BCUT2D eigenvalue weighted by Crippen LogP contribution is -2.53. The number of methoxy groups -OCH3 is 1. The van der Waals surface area contributed by atoms with Crippen LogP contribution < -0.4 is 21.1 Å². The zero-order chi connectivity index (χ0) is 36.8. The molecule has 0 aliphatic carbocycles. The Bertz CT molecular complexity index is 1330. The highest BCUT2D eigenvalue weighted by Gasteiger charge is 2.28. The summed E-state index contributed by atoms with van der Waals surface area (Å²) in [6.07, 6.45) is 4.97. The van der Waals surface area contributed by atoms with Crippen molar-refractivity contribution in [2.45, 2.75) is 94.5 Å². The number of nitrogens with two attached hydrogens (primary N) is 1. The normalized spacial score (nSPS) is 13.1. The van der Waals surface area contributed by atoms with Crippen molar-refractivity contribution in [1.29, 1.82) is 0 Å². The highest BCUT2D eigenvalue weighted by atomic mass is 32.2. The number of unbranched alkanes of at least 4 members (excludes halogenated alkanes) is 2. The van der Waals surface area contributed by atoms with Crippen LogP contribution in [0.4, 0.5) is 0 Å². The molecule has 49 heavy (non-hydrogen) atoms. The van der Waals surface area contributed by atoms with Crippen molar-refractivity contribution in [3.63, 3.8) is 0 Å². The van der Waals surface area contributed by atoms with Crippen LogP contribution in [0.2, 0.25) is 0 Å². The van der Waals surface area contributed by atoms with Crippen molar-refractivity contribution >= 4 is 41.6 Å². The number of carboxylic acids is 1. The molecular formula is C35H51N3O10S. The van der Waals surface area contributed by atoms with Gasteiger partial charge in [-0.3, -0.25) is 14.4 Å². The zero-order valence-corrected chi connectivity index (χ0v) is 29.2. The van der Waals surface area contributed by atoms with Crippen LogP contribution in [0.3, 0.4) is 0 Å². The quantitative estimate of drug-likeness (QED) is 0.0655. The van der Waals surface area contributed by atoms with E-state index in [-0.39, 0.29) is 60.4 Å². The van der Waals surface area contributed by atoms with Gasteiger partial charge in [0, 0.05) is 43.8 Å². The van der Waals surface area contributed by atoms with E-state index in [1.165, 1.54) is 37.1 Å². The Hall–Kier alpha value is -4.14. The van der Waals surface area contributed by atoms with Crippen LogP contribution in [0.1, 0.15) is 69.4 Å². The van der Waals surface area contributed by atoms with Gasteiger partial charge in [-0.2, -0.15) is 11.8 Å². The molecule has 0 aromatic heterocycles. The van der Waals surface area contributed by atoms with Crippen molar-refractivity contribution in [3.8, 4) is 17.2 Å². The minimum absolute atomic E-state index is 0.0160. The van der Waals surface area contributed by atoms with Crippen LogP contribution >= 0.6 is 11.8 Å². The number of amides is 2. The van der Waals surface area contributed by atoms with Crippen LogP contribution in [-0.2, 0) is 36.8 Å². The molecule has 0 saturated carbocycles. The van der Waals surface area contributed by atoms with E-state index in [9.17, 15) is 39.3 Å². The average Bonchev–Trinajstić information content (AvgIpc) is 3.09. The predicted octanol–water partition coefficient (Wildman–Crippen LogP) is 2.89. The second kappa shape index (κ2) is 24.1. The summed E-state index contributed by atoms with van der Waals surface area (Å²) >= 11 is 1.37. The summed E-state index contributed by atoms with van der Waals surface area (Å²) < 4.78 is 5.15. The molecule has 0 heterocycles. The maximum absolute atomic E-state index is 13.4. The van der Waals surface area contributed by atoms with E-state index in [1.54, 1.807) is 24.3 Å². The van der Waals surface area contributed by atoms with Gasteiger partial charge in [-0.1, -0.05) is 44.4 Å². The first-order valence-corrected chi connectivity index (χ1v) is 17.3. The largest absolute Gasteiger partial charge is 0.508 e. The van der Waals surface area contributed by atoms with Crippen LogP contribution in [0.15, 0.2) is 42.5 Å². The molecule has 2 amide bonds. The monoisotopic (exact) mass is 705 g/mol. The standard InChI is InChI=1S/C34H47N3O9S.CH4O/c1-3-4-5-6-27(19-26(40)14-9-23-10-15-30(41)31(18-23)46-2)47-21-29(36-32(42)16-11-24(35)20-38)33(43)37-28(34(44)45)17-22-7-12-25(39)13-8-22;1-2/h7-8,10,12-13,15,18,20,24,27-29,39,41H,3-6,9,11,14,16-17,19,21,35H2,1-2H3,(H,36,42)(H,37,43)(H,44,45);2H,1H3. The lowest BCUT2D eigenvalue weighted by molar-refractivity contribution is -0.142. The number of aliphatic hydroxyl groups is 1. The van der Waals surface area contributed by atoms with Gasteiger partial charge in [0.25, 0.3) is 0 Å². The van der Waals surface area contributed by atoms with Gasteiger partial charge < -0.3 is 46.3 Å². The Labute approximate surface area is 292 Å². The summed E-state index contributed by atoms with van der Waals surface area (Å²) in [6.45, 7) is 2.07. The van der Waals surface area contributed by atoms with Crippen molar-refractivity contribution < 1.29 is 49.1 Å². The Morgan fingerprint density at radius 1 is 0.939 bits per heavy atom. The number of carboxylic acid groups (broad SMARTS) is 1. The third kappa shape index (κ3) is 17.2. The average molecular weight is 706 g/mol. The van der Waals surface area contributed by atoms with Crippen LogP contribution in [0.5, 0.6) is 17.2 Å². The third-order valence-corrected chi connectivity index (χ3v) is 8.94. The molecule has 0 aliphatic heterocycles. The van der Waals surface area contributed by atoms with Crippen LogP contribution in [0, 0.1) is 0 Å². The maximum Gasteiger partial charge on any atom is 0.326 e. The summed E-state index contributed by atoms with van der Waals surface area (Å²) in [5, 5.41) is 41.3. The number of rotatable bonds is 23. The summed E-state index contributed by atoms with van der Waals surface area (Å²) in [4.78, 5) is 62.2. The molecule has 4 atom stereocenters. The first kappa shape index (κ1) is 42.9. The third-order valence-electron chi connectivity index (χ3n) is 7.54. The Kier molecular flexibility index (Phi) is 21.1. The highest BCUT2D eigenvalue weighted by Crippen LogP contribution is 2.28. The highest BCUT2D eigenvalue weighted by molar-refractivity contribution is 8.00. The lowest BCUT2D eigenvalue weighted by atomic mass is 10.0. The second-order valence-corrected chi connectivity index (χ2v) is 12.8. The molecule has 0 spiro atoms. The number of aromatic hydroxyl groups is 2. The van der Waals surface area contributed by atoms with Gasteiger partial charge >= 0.3 is 5.97 Å². The first-order valence-electron chi connectivity index (χ1n) is 16.2. The van der Waals surface area contributed by atoms with Crippen LogP contribution in [0.25, 0.3) is 0 Å². The number of ketones is 1. The van der Waals surface area contributed by atoms with Gasteiger partial charge in [-0.25, -0.2) is 4.79 Å². The molecule has 2 aromatic carbocycles. The Balaban J connectivity index is 0.00000589. The number of aliphatic hydroxyl groups excluding tert-OH is 1. The van der Waals surface area contributed by atoms with E-state index >= 15 is 0 Å². The fourth-order valence-electron chi connectivity index (χ4n) is 4.77. The van der Waals surface area contributed by atoms with E-state index < -0.39 is 35.9 Å². The predicted molar refractivity (Wildman–Crippen MR) is 188 cm³/mol. The van der Waals surface area contributed by atoms with Crippen molar-refractivity contribution in [2.24, 2.45) is 5.73 Å². The topological polar surface area (TPSA) is 226 Å². The molecule has 14 heteroatoms. The fraction of sp³-hybridized carbons (Fsp3) is 0.514. The number of nitrogens with one attached hydrogen (secondary N) is 2. The lowest BCUT2D eigenvalue weighted by Gasteiger charge is -2.24. The number of hydrogen-bond acceptors (Lipinski definition) is 11. The van der Waals surface area contributed by atoms with Crippen molar-refractivity contribution in [3.05, 3.63) is 53.6 Å². The smallest absolute Gasteiger partial charge is 0.326 e. The molecule has 272 valence electrons. The number of aryl methyl sites for hydroxylation is 1. The van der Waals surface area contributed by atoms with E-state index in [1.807, 2.05) is 0 Å². The minimum atomic E-state index is -1.31. The second-order valence-electron chi connectivity index (χ2n) is 11.4. The number of ether oxygens (including phenoxy) is 1. The van der Waals surface area contributed by atoms with Gasteiger partial charge in [0.2, 0.25) is 11.8 Å². The molecule has 0 aliphatic rings. The molecular weight excluding hydrogens is 654 g/mol. The molecule has 0 bridgehead atoms. The number of carbonyl (C=O) groups excluding carboxylic acids is 4. The molecule has 13 nitrogen and oxygen atoms in total. The summed E-state index contributed by atoms with van der Waals surface area (Å²) in [6, 6.07) is 7.64. The van der Waals surface area contributed by atoms with Crippen LogP contribution in [-0.4, -0.2) is 93.6 Å². The zero-order valence-electron chi connectivity index (χ0n) is 28.4. The number of aldehydes is 1. The van der Waals surface area contributed by atoms with Crippen molar-refractivity contribution in [2.75, 3.05) is 20.0 Å². The number of phenolic OH excluding ortho intramolecular Hbond substituents is 2. The first-order chi connectivity index (χ1) is 23.4. The maximum atomic E-state index is 13.4. The SMILES string of the molecule is CCCCCC(CC(=O)CCc1ccc(O)c(OC)c1)SCC(NC(=O)CCC(N)C=O)C(=O)NC(Cc1ccc(O)cc1)C(=O)O.CO. The van der Waals surface area contributed by atoms with Gasteiger partial charge in [0.05, 0.1) is 13.2 Å². The number of phenols is 2. The number of thioether (sulfide) groups is 1.